The predicted molar refractivity (Wildman–Crippen MR) is 119 cm³/mol. The van der Waals surface area contributed by atoms with E-state index in [2.05, 4.69) is 29.6 Å². The highest BCUT2D eigenvalue weighted by Gasteiger charge is 2.31. The molecule has 1 aliphatic heterocycles. The summed E-state index contributed by atoms with van der Waals surface area (Å²) in [6, 6.07) is 16.9. The normalized spacial score (nSPS) is 15.7. The zero-order valence-electron chi connectivity index (χ0n) is 18.1. The molecule has 1 saturated heterocycles. The van der Waals surface area contributed by atoms with E-state index in [1.807, 2.05) is 24.8 Å². The number of ether oxygens (including phenoxy) is 1. The Balaban J connectivity index is 1.56. The molecule has 0 spiro atoms. The largest absolute Gasteiger partial charge is 0.497 e. The van der Waals surface area contributed by atoms with E-state index in [0.717, 1.165) is 32.4 Å². The number of methoxy groups -OCH3 is 1. The fourth-order valence-electron chi connectivity index (χ4n) is 3.98. The molecule has 5 nitrogen and oxygen atoms in total. The van der Waals surface area contributed by atoms with Crippen LogP contribution in [0.3, 0.4) is 0 Å². The smallest absolute Gasteiger partial charge is 0.251 e. The third-order valence-corrected chi connectivity index (χ3v) is 5.86. The maximum Gasteiger partial charge on any atom is 0.251 e. The third kappa shape index (κ3) is 5.62. The van der Waals surface area contributed by atoms with Crippen molar-refractivity contribution in [2.45, 2.75) is 39.2 Å². The van der Waals surface area contributed by atoms with E-state index in [1.54, 1.807) is 31.4 Å². The number of carbonyl (C=O) groups is 2. The number of carbonyl (C=O) groups excluding carboxylic acids is 2. The first-order chi connectivity index (χ1) is 14.5. The first kappa shape index (κ1) is 21.9. The minimum Gasteiger partial charge on any atom is -0.497 e. The van der Waals surface area contributed by atoms with E-state index in [4.69, 9.17) is 4.74 Å². The number of amides is 2. The van der Waals surface area contributed by atoms with Gasteiger partial charge in [-0.2, -0.15) is 0 Å². The fourth-order valence-corrected chi connectivity index (χ4v) is 3.98. The minimum absolute atomic E-state index is 0.0155. The van der Waals surface area contributed by atoms with Crippen LogP contribution in [0.4, 0.5) is 0 Å². The maximum absolute atomic E-state index is 13.2. The molecular weight excluding hydrogens is 376 g/mol. The number of benzene rings is 2. The van der Waals surface area contributed by atoms with E-state index in [9.17, 15) is 9.59 Å². The Bertz CT molecular complexity index is 825. The SMILES string of the molecule is COc1ccc(C(=O)N[C@H](C(=O)N2CCC(Cc3ccccc3)CC2)C(C)C)cc1. The van der Waals surface area contributed by atoms with E-state index in [-0.39, 0.29) is 17.7 Å². The topological polar surface area (TPSA) is 58.6 Å². The third-order valence-electron chi connectivity index (χ3n) is 5.86. The molecule has 30 heavy (non-hydrogen) atoms. The summed E-state index contributed by atoms with van der Waals surface area (Å²) in [6.07, 6.45) is 3.06. The summed E-state index contributed by atoms with van der Waals surface area (Å²) in [6.45, 7) is 5.44. The average molecular weight is 409 g/mol. The molecule has 0 unspecified atom stereocenters. The van der Waals surface area contributed by atoms with E-state index in [1.165, 1.54) is 5.56 Å². The number of rotatable bonds is 7. The van der Waals surface area contributed by atoms with Crippen molar-refractivity contribution in [1.82, 2.24) is 10.2 Å². The molecule has 160 valence electrons. The molecule has 0 aromatic heterocycles. The molecule has 1 N–H and O–H groups in total. The summed E-state index contributed by atoms with van der Waals surface area (Å²) in [4.78, 5) is 27.8. The fraction of sp³-hybridized carbons (Fsp3) is 0.440. The Hall–Kier alpha value is -2.82. The van der Waals surface area contributed by atoms with Crippen molar-refractivity contribution < 1.29 is 14.3 Å². The van der Waals surface area contributed by atoms with Crippen LogP contribution in [0.15, 0.2) is 54.6 Å². The molecule has 0 saturated carbocycles. The van der Waals surface area contributed by atoms with Crippen LogP contribution in [0.2, 0.25) is 0 Å². The van der Waals surface area contributed by atoms with Crippen LogP contribution in [0, 0.1) is 11.8 Å². The monoisotopic (exact) mass is 408 g/mol. The highest BCUT2D eigenvalue weighted by molar-refractivity contribution is 5.97. The molecule has 3 rings (SSSR count). The number of likely N-dealkylation sites (tertiary alicyclic amines) is 1. The number of nitrogens with zero attached hydrogens (tertiary/aromatic N) is 1. The van der Waals surface area contributed by atoms with Gasteiger partial charge in [-0.05, 0) is 60.9 Å². The molecular formula is C25H32N2O3. The first-order valence-corrected chi connectivity index (χ1v) is 10.8. The van der Waals surface area contributed by atoms with Gasteiger partial charge in [-0.1, -0.05) is 44.2 Å². The van der Waals surface area contributed by atoms with Gasteiger partial charge in [0.05, 0.1) is 7.11 Å². The van der Waals surface area contributed by atoms with Crippen molar-refractivity contribution >= 4 is 11.8 Å². The zero-order chi connectivity index (χ0) is 21.5. The van der Waals surface area contributed by atoms with Gasteiger partial charge in [0, 0.05) is 18.7 Å². The lowest BCUT2D eigenvalue weighted by atomic mass is 9.89. The molecule has 0 bridgehead atoms. The molecule has 2 aromatic carbocycles. The second-order valence-corrected chi connectivity index (χ2v) is 8.38. The summed E-state index contributed by atoms with van der Waals surface area (Å²) < 4.78 is 5.14. The van der Waals surface area contributed by atoms with Crippen LogP contribution >= 0.6 is 0 Å². The summed E-state index contributed by atoms with van der Waals surface area (Å²) in [5, 5.41) is 2.95. The van der Waals surface area contributed by atoms with Gasteiger partial charge >= 0.3 is 0 Å². The number of piperidine rings is 1. The number of hydrogen-bond acceptors (Lipinski definition) is 3. The van der Waals surface area contributed by atoms with Crippen LogP contribution in [-0.4, -0.2) is 43.0 Å². The Morgan fingerprint density at radius 1 is 1.03 bits per heavy atom. The van der Waals surface area contributed by atoms with Crippen LogP contribution < -0.4 is 10.1 Å². The molecule has 1 aliphatic rings. The minimum atomic E-state index is -0.523. The number of nitrogens with one attached hydrogen (secondary N) is 1. The van der Waals surface area contributed by atoms with Crippen molar-refractivity contribution in [2.24, 2.45) is 11.8 Å². The van der Waals surface area contributed by atoms with E-state index in [0.29, 0.717) is 17.2 Å². The van der Waals surface area contributed by atoms with Gasteiger partial charge in [-0.25, -0.2) is 0 Å². The maximum atomic E-state index is 13.2. The van der Waals surface area contributed by atoms with Crippen molar-refractivity contribution in [1.29, 1.82) is 0 Å². The summed E-state index contributed by atoms with van der Waals surface area (Å²) in [5.74, 6) is 1.10. The van der Waals surface area contributed by atoms with Gasteiger partial charge in [0.1, 0.15) is 11.8 Å². The van der Waals surface area contributed by atoms with Gasteiger partial charge in [0.25, 0.3) is 5.91 Å². The standard InChI is InChI=1S/C25H32N2O3/c1-18(2)23(26-24(28)21-9-11-22(30-3)12-10-21)25(29)27-15-13-20(14-16-27)17-19-7-5-4-6-8-19/h4-12,18,20,23H,13-17H2,1-3H3,(H,26,28)/t23-/m0/s1. The number of hydrogen-bond donors (Lipinski definition) is 1. The van der Waals surface area contributed by atoms with Gasteiger partial charge < -0.3 is 15.0 Å². The van der Waals surface area contributed by atoms with Crippen LogP contribution in [0.25, 0.3) is 0 Å². The Kier molecular flexibility index (Phi) is 7.50. The lowest BCUT2D eigenvalue weighted by molar-refractivity contribution is -0.135. The van der Waals surface area contributed by atoms with E-state index >= 15 is 0 Å². The van der Waals surface area contributed by atoms with Gasteiger partial charge in [0.2, 0.25) is 5.91 Å². The highest BCUT2D eigenvalue weighted by atomic mass is 16.5. The average Bonchev–Trinajstić information content (AvgIpc) is 2.78. The van der Waals surface area contributed by atoms with Crippen LogP contribution in [-0.2, 0) is 11.2 Å². The molecule has 1 atom stereocenters. The Labute approximate surface area is 179 Å². The zero-order valence-corrected chi connectivity index (χ0v) is 18.1. The van der Waals surface area contributed by atoms with Crippen molar-refractivity contribution in [3.63, 3.8) is 0 Å². The Morgan fingerprint density at radius 2 is 1.67 bits per heavy atom. The molecule has 1 heterocycles. The first-order valence-electron chi connectivity index (χ1n) is 10.8. The second-order valence-electron chi connectivity index (χ2n) is 8.38. The highest BCUT2D eigenvalue weighted by Crippen LogP contribution is 2.23. The van der Waals surface area contributed by atoms with Crippen molar-refractivity contribution in [3.05, 3.63) is 65.7 Å². The lowest BCUT2D eigenvalue weighted by Crippen LogP contribution is -2.53. The quantitative estimate of drug-likeness (QED) is 0.755. The summed E-state index contributed by atoms with van der Waals surface area (Å²) >= 11 is 0. The van der Waals surface area contributed by atoms with Crippen molar-refractivity contribution in [3.8, 4) is 5.75 Å². The predicted octanol–water partition coefficient (Wildman–Crippen LogP) is 3.93. The molecule has 2 aromatic rings. The molecule has 5 heteroatoms. The van der Waals surface area contributed by atoms with Gasteiger partial charge in [-0.15, -0.1) is 0 Å². The van der Waals surface area contributed by atoms with Gasteiger partial charge in [0.15, 0.2) is 0 Å². The van der Waals surface area contributed by atoms with Crippen LogP contribution in [0.1, 0.15) is 42.6 Å². The second kappa shape index (κ2) is 10.3. The van der Waals surface area contributed by atoms with E-state index < -0.39 is 6.04 Å². The molecule has 0 radical (unpaired) electrons. The van der Waals surface area contributed by atoms with Crippen molar-refractivity contribution in [2.75, 3.05) is 20.2 Å². The lowest BCUT2D eigenvalue weighted by Gasteiger charge is -2.35. The van der Waals surface area contributed by atoms with Gasteiger partial charge in [-0.3, -0.25) is 9.59 Å². The van der Waals surface area contributed by atoms with Crippen LogP contribution in [0.5, 0.6) is 5.75 Å². The molecule has 0 aliphatic carbocycles. The summed E-state index contributed by atoms with van der Waals surface area (Å²) in [5.41, 5.74) is 1.88. The molecule has 1 fully saturated rings. The summed E-state index contributed by atoms with van der Waals surface area (Å²) in [7, 11) is 1.59. The Morgan fingerprint density at radius 3 is 2.23 bits per heavy atom. The molecule has 2 amide bonds.